The van der Waals surface area contributed by atoms with Crippen LogP contribution in [0.15, 0.2) is 63.7 Å². The molecular weight excluding hydrogens is 304 g/mol. The molecule has 0 aliphatic heterocycles. The van der Waals surface area contributed by atoms with Crippen LogP contribution >= 0.6 is 15.9 Å². The van der Waals surface area contributed by atoms with E-state index in [4.69, 9.17) is 10.2 Å². The van der Waals surface area contributed by atoms with Gasteiger partial charge in [0.05, 0.1) is 0 Å². The van der Waals surface area contributed by atoms with Crippen molar-refractivity contribution in [1.29, 1.82) is 0 Å². The maximum absolute atomic E-state index is 5.66. The lowest BCUT2D eigenvalue weighted by Gasteiger charge is -1.96. The maximum Gasteiger partial charge on any atom is 0.226 e. The second-order valence-corrected chi connectivity index (χ2v) is 5.08. The van der Waals surface area contributed by atoms with Gasteiger partial charge >= 0.3 is 0 Å². The number of halogens is 1. The third kappa shape index (κ3) is 2.53. The van der Waals surface area contributed by atoms with E-state index in [0.29, 0.717) is 5.89 Å². The normalized spacial score (nSPS) is 10.6. The molecule has 2 aromatic carbocycles. The van der Waals surface area contributed by atoms with Gasteiger partial charge in [0.25, 0.3) is 0 Å². The fourth-order valence-electron chi connectivity index (χ4n) is 1.79. The predicted molar refractivity (Wildman–Crippen MR) is 79.5 cm³/mol. The number of nitrogen functional groups attached to an aromatic ring is 1. The van der Waals surface area contributed by atoms with Gasteiger partial charge in [-0.15, -0.1) is 0 Å². The third-order valence-electron chi connectivity index (χ3n) is 2.80. The van der Waals surface area contributed by atoms with Crippen LogP contribution in [-0.4, -0.2) is 4.98 Å². The van der Waals surface area contributed by atoms with E-state index in [0.717, 1.165) is 27.0 Å². The number of anilines is 1. The predicted octanol–water partition coefficient (Wildman–Crippen LogP) is 4.35. The lowest BCUT2D eigenvalue weighted by molar-refractivity contribution is 0.575. The van der Waals surface area contributed by atoms with Crippen molar-refractivity contribution in [2.45, 2.75) is 0 Å². The Morgan fingerprint density at radius 2 is 1.53 bits per heavy atom. The van der Waals surface area contributed by atoms with Crippen LogP contribution in [0.4, 0.5) is 5.69 Å². The molecule has 3 rings (SSSR count). The van der Waals surface area contributed by atoms with Crippen molar-refractivity contribution in [2.24, 2.45) is 0 Å². The second kappa shape index (κ2) is 4.90. The van der Waals surface area contributed by atoms with Crippen LogP contribution in [0.25, 0.3) is 22.7 Å². The summed E-state index contributed by atoms with van der Waals surface area (Å²) in [6, 6.07) is 15.4. The van der Waals surface area contributed by atoms with Gasteiger partial charge in [-0.25, -0.2) is 4.98 Å². The molecule has 2 N–H and O–H groups in total. The summed E-state index contributed by atoms with van der Waals surface area (Å²) >= 11 is 3.41. The SMILES string of the molecule is Nc1ccc(-c2nc(-c3ccc(Br)cc3)co2)cc1. The van der Waals surface area contributed by atoms with E-state index in [1.807, 2.05) is 48.5 Å². The molecule has 0 bridgehead atoms. The number of hydrogen-bond donors (Lipinski definition) is 1. The van der Waals surface area contributed by atoms with Crippen molar-refractivity contribution in [3.63, 3.8) is 0 Å². The highest BCUT2D eigenvalue weighted by molar-refractivity contribution is 9.10. The van der Waals surface area contributed by atoms with Gasteiger partial charge < -0.3 is 10.2 Å². The lowest BCUT2D eigenvalue weighted by Crippen LogP contribution is -1.84. The number of nitrogens with zero attached hydrogens (tertiary/aromatic N) is 1. The lowest BCUT2D eigenvalue weighted by atomic mass is 10.2. The number of aromatic nitrogens is 1. The van der Waals surface area contributed by atoms with Crippen LogP contribution in [0.2, 0.25) is 0 Å². The van der Waals surface area contributed by atoms with Crippen molar-refractivity contribution in [3.05, 3.63) is 59.3 Å². The second-order valence-electron chi connectivity index (χ2n) is 4.17. The molecule has 3 aromatic rings. The highest BCUT2D eigenvalue weighted by Gasteiger charge is 2.08. The van der Waals surface area contributed by atoms with Crippen LogP contribution in [0, 0.1) is 0 Å². The van der Waals surface area contributed by atoms with Crippen LogP contribution in [0.3, 0.4) is 0 Å². The average Bonchev–Trinajstić information content (AvgIpc) is 2.90. The quantitative estimate of drug-likeness (QED) is 0.715. The van der Waals surface area contributed by atoms with Gasteiger partial charge in [0.1, 0.15) is 12.0 Å². The van der Waals surface area contributed by atoms with Gasteiger partial charge in [-0.3, -0.25) is 0 Å². The smallest absolute Gasteiger partial charge is 0.226 e. The van der Waals surface area contributed by atoms with Crippen molar-refractivity contribution < 1.29 is 4.42 Å². The molecule has 0 amide bonds. The van der Waals surface area contributed by atoms with Gasteiger partial charge in [0.2, 0.25) is 5.89 Å². The third-order valence-corrected chi connectivity index (χ3v) is 3.33. The number of nitrogens with two attached hydrogens (primary N) is 1. The molecule has 0 atom stereocenters. The first-order valence-corrected chi connectivity index (χ1v) is 6.59. The largest absolute Gasteiger partial charge is 0.444 e. The van der Waals surface area contributed by atoms with Gasteiger partial charge in [-0.2, -0.15) is 0 Å². The minimum atomic E-state index is 0.595. The molecule has 0 aliphatic carbocycles. The minimum absolute atomic E-state index is 0.595. The van der Waals surface area contributed by atoms with Crippen molar-refractivity contribution in [1.82, 2.24) is 4.98 Å². The van der Waals surface area contributed by atoms with E-state index in [9.17, 15) is 0 Å². The van der Waals surface area contributed by atoms with E-state index in [1.54, 1.807) is 6.26 Å². The molecule has 1 heterocycles. The minimum Gasteiger partial charge on any atom is -0.444 e. The van der Waals surface area contributed by atoms with Crippen LogP contribution in [-0.2, 0) is 0 Å². The molecule has 3 nitrogen and oxygen atoms in total. The molecule has 0 fully saturated rings. The van der Waals surface area contributed by atoms with E-state index < -0.39 is 0 Å². The Kier molecular flexibility index (Phi) is 3.09. The van der Waals surface area contributed by atoms with E-state index in [-0.39, 0.29) is 0 Å². The molecule has 0 saturated heterocycles. The Hall–Kier alpha value is -2.07. The molecule has 94 valence electrons. The summed E-state index contributed by atoms with van der Waals surface area (Å²) in [6.07, 6.45) is 1.66. The Labute approximate surface area is 119 Å². The maximum atomic E-state index is 5.66. The summed E-state index contributed by atoms with van der Waals surface area (Å²) < 4.78 is 6.55. The molecule has 0 saturated carbocycles. The van der Waals surface area contributed by atoms with E-state index in [2.05, 4.69) is 20.9 Å². The van der Waals surface area contributed by atoms with Crippen LogP contribution in [0.5, 0.6) is 0 Å². The zero-order chi connectivity index (χ0) is 13.2. The first-order valence-electron chi connectivity index (χ1n) is 5.80. The standard InChI is InChI=1S/C15H11BrN2O/c16-12-5-1-10(2-6-12)14-9-19-15(18-14)11-3-7-13(17)8-4-11/h1-9H,17H2. The van der Waals surface area contributed by atoms with Gasteiger partial charge in [0.15, 0.2) is 0 Å². The summed E-state index contributed by atoms with van der Waals surface area (Å²) in [6.45, 7) is 0. The monoisotopic (exact) mass is 314 g/mol. The Bertz CT molecular complexity index is 627. The van der Waals surface area contributed by atoms with Gasteiger partial charge in [-0.05, 0) is 36.4 Å². The average molecular weight is 315 g/mol. The number of benzene rings is 2. The molecule has 0 aliphatic rings. The van der Waals surface area contributed by atoms with Crippen LogP contribution < -0.4 is 5.73 Å². The number of hydrogen-bond acceptors (Lipinski definition) is 3. The van der Waals surface area contributed by atoms with Gasteiger partial charge in [0, 0.05) is 21.3 Å². The fraction of sp³-hybridized carbons (Fsp3) is 0. The molecule has 0 unspecified atom stereocenters. The Morgan fingerprint density at radius 3 is 2.21 bits per heavy atom. The molecule has 0 radical (unpaired) electrons. The highest BCUT2D eigenvalue weighted by Crippen LogP contribution is 2.26. The summed E-state index contributed by atoms with van der Waals surface area (Å²) in [5, 5.41) is 0. The van der Waals surface area contributed by atoms with Gasteiger partial charge in [-0.1, -0.05) is 28.1 Å². The zero-order valence-electron chi connectivity index (χ0n) is 10.0. The molecule has 0 spiro atoms. The fourth-order valence-corrected chi connectivity index (χ4v) is 2.05. The van der Waals surface area contributed by atoms with E-state index >= 15 is 0 Å². The molecule has 4 heteroatoms. The summed E-state index contributed by atoms with van der Waals surface area (Å²) in [5.41, 5.74) is 9.14. The topological polar surface area (TPSA) is 52.0 Å². The number of oxazole rings is 1. The van der Waals surface area contributed by atoms with Crippen molar-refractivity contribution >= 4 is 21.6 Å². The Balaban J connectivity index is 1.95. The highest BCUT2D eigenvalue weighted by atomic mass is 79.9. The molecule has 19 heavy (non-hydrogen) atoms. The van der Waals surface area contributed by atoms with Crippen molar-refractivity contribution in [2.75, 3.05) is 5.73 Å². The van der Waals surface area contributed by atoms with E-state index in [1.165, 1.54) is 0 Å². The number of rotatable bonds is 2. The van der Waals surface area contributed by atoms with Crippen LogP contribution in [0.1, 0.15) is 0 Å². The summed E-state index contributed by atoms with van der Waals surface area (Å²) in [4.78, 5) is 4.49. The summed E-state index contributed by atoms with van der Waals surface area (Å²) in [5.74, 6) is 0.595. The first kappa shape index (κ1) is 12.0. The first-order chi connectivity index (χ1) is 9.22. The van der Waals surface area contributed by atoms with Crippen molar-refractivity contribution in [3.8, 4) is 22.7 Å². The zero-order valence-corrected chi connectivity index (χ0v) is 11.6. The molecular formula is C15H11BrN2O. The molecule has 1 aromatic heterocycles. The Morgan fingerprint density at radius 1 is 0.895 bits per heavy atom. The summed E-state index contributed by atoms with van der Waals surface area (Å²) in [7, 11) is 0.